The van der Waals surface area contributed by atoms with E-state index in [4.69, 9.17) is 48.2 Å². The SMILES string of the molecule is C.C1CCC([PH+](C2CCCCC2)C2CCCCC2)CC1.CC(C)Oc1ccccc1[CH]=[Ru]([Cl])[Cl].CC(C)Oc1ccccc1[CH]=[Ru]([Cl])[Cl].Cc1cc(C)c(N2[CH-]N(c3c(C)cc(C)cc3C)CC2)c(C)c1. The van der Waals surface area contributed by atoms with Gasteiger partial charge in [0.25, 0.3) is 0 Å². The van der Waals surface area contributed by atoms with E-state index in [9.17, 15) is 0 Å². The average molecular weight is 1250 g/mol. The van der Waals surface area contributed by atoms with Gasteiger partial charge in [-0.05, 0) is 141 Å². The maximum Gasteiger partial charge on any atom is 0.0146 e. The first-order chi connectivity index (χ1) is 33.5. The van der Waals surface area contributed by atoms with Gasteiger partial charge >= 0.3 is 196 Å². The van der Waals surface area contributed by atoms with Crippen molar-refractivity contribution in [2.45, 2.75) is 202 Å². The molecule has 1 saturated heterocycles. The fourth-order valence-corrected chi connectivity index (χ4v) is 20.3. The average Bonchev–Trinajstić information content (AvgIpc) is 3.77. The summed E-state index contributed by atoms with van der Waals surface area (Å²) in [6, 6.07) is 24.7. The molecule has 4 aromatic rings. The first-order valence-corrected chi connectivity index (χ1v) is 38.8. The predicted molar refractivity (Wildman–Crippen MR) is 314 cm³/mol. The van der Waals surface area contributed by atoms with E-state index in [0.29, 0.717) is 0 Å². The number of para-hydroxylation sites is 2. The molecule has 11 heteroatoms. The fraction of sp³-hybridized carbons (Fsp3) is 0.550. The van der Waals surface area contributed by atoms with E-state index in [2.05, 4.69) is 82.3 Å². The molecule has 0 unspecified atom stereocenters. The molecule has 0 atom stereocenters. The quantitative estimate of drug-likeness (QED) is 0.0849. The van der Waals surface area contributed by atoms with Crippen molar-refractivity contribution in [1.82, 2.24) is 0 Å². The van der Waals surface area contributed by atoms with Crippen molar-refractivity contribution in [3.63, 3.8) is 0 Å². The zero-order valence-corrected chi connectivity index (χ0v) is 51.5. The predicted octanol–water partition coefficient (Wildman–Crippen LogP) is 18.9. The van der Waals surface area contributed by atoms with Gasteiger partial charge in [0, 0.05) is 32.4 Å². The van der Waals surface area contributed by atoms with Crippen molar-refractivity contribution >= 4 is 67.3 Å². The molecular formula is C60H89Cl4N2O2PRu2. The Bertz CT molecular complexity index is 2060. The molecule has 1 heterocycles. The molecule has 4 aromatic carbocycles. The molecule has 0 aromatic heterocycles. The van der Waals surface area contributed by atoms with Crippen LogP contribution in [0.4, 0.5) is 11.4 Å². The van der Waals surface area contributed by atoms with Gasteiger partial charge in [-0.3, -0.25) is 0 Å². The van der Waals surface area contributed by atoms with Gasteiger partial charge < -0.3 is 9.80 Å². The Kier molecular flexibility index (Phi) is 28.3. The number of nitrogens with zero attached hydrogens (tertiary/aromatic N) is 2. The number of aryl methyl sites for hydroxylation is 6. The number of ether oxygens (including phenoxy) is 2. The molecule has 400 valence electrons. The van der Waals surface area contributed by atoms with Gasteiger partial charge in [0.2, 0.25) is 0 Å². The van der Waals surface area contributed by atoms with E-state index in [-0.39, 0.29) is 27.6 Å². The monoisotopic (exact) mass is 1240 g/mol. The molecule has 3 aliphatic carbocycles. The third-order valence-corrected chi connectivity index (χ3v) is 22.1. The number of hydrogen-bond donors (Lipinski definition) is 0. The van der Waals surface area contributed by atoms with Crippen LogP contribution in [0.5, 0.6) is 11.5 Å². The van der Waals surface area contributed by atoms with Gasteiger partial charge in [0.15, 0.2) is 0 Å². The number of benzene rings is 4. The first-order valence-electron chi connectivity index (χ1n) is 26.1. The second-order valence-electron chi connectivity index (χ2n) is 20.5. The molecule has 1 aliphatic heterocycles. The summed E-state index contributed by atoms with van der Waals surface area (Å²) >= 11 is -3.54. The standard InChI is InChI=1S/C21H27N2.C18H33P.2C10H12O.CH4.4ClH.2Ru/c1-14-9-16(3)20(17(4)10-14)22-7-8-23(13-22)21-18(5)11-15(2)12-19(21)6;1-4-10-16(11-5-1)19(17-12-6-2-7-13-17)18-14-8-3-9-15-18;2*1-8(2)11-10-7-5-4-6-9(10)3;;;;;;;/h9-13H,7-8H2,1-6H3;16-18H,1-15H2;2*3-8H,1-2H3;1H4;4*1H;;/q-1;;;;;;;;;2*+2/p-3. The first kappa shape index (κ1) is 62.2. The summed E-state index contributed by atoms with van der Waals surface area (Å²) in [5, 5.41) is 0. The molecule has 0 spiro atoms. The van der Waals surface area contributed by atoms with Gasteiger partial charge in [-0.1, -0.05) is 62.1 Å². The van der Waals surface area contributed by atoms with Crippen LogP contribution in [0.2, 0.25) is 0 Å². The molecule has 71 heavy (non-hydrogen) atoms. The van der Waals surface area contributed by atoms with Crippen LogP contribution in [0.25, 0.3) is 0 Å². The minimum Gasteiger partial charge on any atom is -0.502 e. The van der Waals surface area contributed by atoms with Crippen LogP contribution in [0.1, 0.15) is 176 Å². The minimum atomic E-state index is -1.77. The summed E-state index contributed by atoms with van der Waals surface area (Å²) in [6.07, 6.45) is 24.1. The molecule has 0 bridgehead atoms. The van der Waals surface area contributed by atoms with E-state index < -0.39 is 27.0 Å². The molecule has 8 rings (SSSR count). The number of hydrogen-bond acceptors (Lipinski definition) is 4. The molecule has 0 N–H and O–H groups in total. The van der Waals surface area contributed by atoms with Gasteiger partial charge in [0.1, 0.15) is 0 Å². The van der Waals surface area contributed by atoms with E-state index in [1.165, 1.54) is 61.7 Å². The van der Waals surface area contributed by atoms with Gasteiger partial charge in [0.05, 0.1) is 17.0 Å². The zero-order valence-electron chi connectivity index (χ0n) is 44.0. The van der Waals surface area contributed by atoms with E-state index in [1.54, 1.807) is 96.3 Å². The second-order valence-corrected chi connectivity index (χ2v) is 35.4. The maximum absolute atomic E-state index is 5.82. The topological polar surface area (TPSA) is 24.9 Å². The summed E-state index contributed by atoms with van der Waals surface area (Å²) in [5.74, 6) is 1.70. The summed E-state index contributed by atoms with van der Waals surface area (Å²) < 4.78 is 15.0. The Labute approximate surface area is 460 Å². The molecule has 4 fully saturated rings. The molecule has 4 nitrogen and oxygen atoms in total. The molecule has 3 saturated carbocycles. The molecule has 0 radical (unpaired) electrons. The Hall–Kier alpha value is -1.34. The van der Waals surface area contributed by atoms with Crippen molar-refractivity contribution in [1.29, 1.82) is 0 Å². The van der Waals surface area contributed by atoms with Crippen molar-refractivity contribution < 1.29 is 36.5 Å². The summed E-state index contributed by atoms with van der Waals surface area (Å²) in [4.78, 5) is 4.81. The van der Waals surface area contributed by atoms with Crippen molar-refractivity contribution in [2.75, 3.05) is 22.9 Å². The van der Waals surface area contributed by atoms with Crippen molar-refractivity contribution in [3.8, 4) is 11.5 Å². The van der Waals surface area contributed by atoms with E-state index in [0.717, 1.165) is 35.7 Å². The normalized spacial score (nSPS) is 17.0. The van der Waals surface area contributed by atoms with Crippen LogP contribution < -0.4 is 19.3 Å². The molecule has 0 amide bonds. The largest absolute Gasteiger partial charge is 0.502 e. The van der Waals surface area contributed by atoms with Gasteiger partial charge in [-0.2, -0.15) is 6.67 Å². The zero-order chi connectivity index (χ0) is 50.7. The Morgan fingerprint density at radius 1 is 0.507 bits per heavy atom. The maximum atomic E-state index is 5.82. The van der Waals surface area contributed by atoms with Gasteiger partial charge in [-0.15, -0.1) is 0 Å². The fourth-order valence-electron chi connectivity index (χ4n) is 11.4. The van der Waals surface area contributed by atoms with Crippen LogP contribution in [-0.2, 0) is 27.0 Å². The summed E-state index contributed by atoms with van der Waals surface area (Å²) in [6.45, 7) is 25.5. The third kappa shape index (κ3) is 20.6. The number of anilines is 2. The molecular weight excluding hydrogens is 1160 g/mol. The Morgan fingerprint density at radius 3 is 1.08 bits per heavy atom. The molecule has 4 aliphatic rings. The van der Waals surface area contributed by atoms with Crippen molar-refractivity contribution in [3.05, 3.63) is 124 Å². The van der Waals surface area contributed by atoms with Crippen molar-refractivity contribution in [2.24, 2.45) is 0 Å². The van der Waals surface area contributed by atoms with Crippen LogP contribution in [-0.4, -0.2) is 51.5 Å². The van der Waals surface area contributed by atoms with Crippen LogP contribution in [0.3, 0.4) is 0 Å². The number of rotatable bonds is 11. The van der Waals surface area contributed by atoms with Crippen LogP contribution in [0, 0.1) is 48.2 Å². The summed E-state index contributed by atoms with van der Waals surface area (Å²) in [7, 11) is 23.2. The van der Waals surface area contributed by atoms with Gasteiger partial charge in [-0.25, -0.2) is 0 Å². The number of halogens is 4. The third-order valence-electron chi connectivity index (χ3n) is 13.9. The van der Waals surface area contributed by atoms with Crippen LogP contribution >= 0.6 is 46.7 Å². The van der Waals surface area contributed by atoms with E-state index >= 15 is 0 Å². The minimum absolute atomic E-state index is 0. The van der Waals surface area contributed by atoms with Crippen LogP contribution in [0.15, 0.2) is 72.8 Å². The Morgan fingerprint density at radius 2 is 0.803 bits per heavy atom. The smallest absolute Gasteiger partial charge is 0.0146 e. The second kappa shape index (κ2) is 32.3. The van der Waals surface area contributed by atoms with E-state index in [1.807, 2.05) is 85.4 Å². The Balaban J connectivity index is 0.000000210. The summed E-state index contributed by atoms with van der Waals surface area (Å²) in [5.41, 5.74) is 16.5.